The van der Waals surface area contributed by atoms with Gasteiger partial charge in [0.25, 0.3) is 5.91 Å². The molecule has 198 valence electrons. The predicted molar refractivity (Wildman–Crippen MR) is 142 cm³/mol. The van der Waals surface area contributed by atoms with Crippen molar-refractivity contribution in [2.75, 3.05) is 5.32 Å². The topological polar surface area (TPSA) is 141 Å². The van der Waals surface area contributed by atoms with Gasteiger partial charge in [-0.15, -0.1) is 0 Å². The number of hydrogen-bond acceptors (Lipinski definition) is 7. The number of amides is 2. The maximum atomic E-state index is 14.6. The first-order valence-electron chi connectivity index (χ1n) is 13.1. The molecule has 0 radical (unpaired) electrons. The Balaban J connectivity index is 1.41. The highest BCUT2D eigenvalue weighted by Crippen LogP contribution is 2.42. The van der Waals surface area contributed by atoms with Gasteiger partial charge in [0.2, 0.25) is 5.91 Å². The molecule has 2 fully saturated rings. The lowest BCUT2D eigenvalue weighted by Crippen LogP contribution is -2.32. The molecule has 0 bridgehead atoms. The number of nitrogens with one attached hydrogen (secondary N) is 2. The summed E-state index contributed by atoms with van der Waals surface area (Å²) in [4.78, 5) is 40.2. The summed E-state index contributed by atoms with van der Waals surface area (Å²) in [5, 5.41) is 11.3. The van der Waals surface area contributed by atoms with Gasteiger partial charge in [-0.05, 0) is 50.8 Å². The van der Waals surface area contributed by atoms with E-state index >= 15 is 0 Å². The van der Waals surface area contributed by atoms with E-state index in [1.807, 2.05) is 6.07 Å². The van der Waals surface area contributed by atoms with Crippen LogP contribution in [0.2, 0.25) is 0 Å². The van der Waals surface area contributed by atoms with Crippen molar-refractivity contribution in [3.8, 4) is 11.5 Å². The fourth-order valence-corrected chi connectivity index (χ4v) is 5.21. The van der Waals surface area contributed by atoms with Gasteiger partial charge in [-0.2, -0.15) is 5.10 Å². The Morgan fingerprint density at radius 1 is 1.26 bits per heavy atom. The Bertz CT molecular complexity index is 1690. The van der Waals surface area contributed by atoms with E-state index in [1.165, 1.54) is 6.07 Å². The number of halogens is 1. The molecule has 3 aliphatic rings. The van der Waals surface area contributed by atoms with E-state index in [9.17, 15) is 14.0 Å². The maximum Gasteiger partial charge on any atom is 0.270 e. The van der Waals surface area contributed by atoms with Gasteiger partial charge in [-0.1, -0.05) is 18.2 Å². The summed E-state index contributed by atoms with van der Waals surface area (Å²) in [7, 11) is 0. The molecule has 4 heterocycles. The van der Waals surface area contributed by atoms with Crippen LogP contribution in [0.4, 0.5) is 10.2 Å². The van der Waals surface area contributed by atoms with Crippen LogP contribution in [0.15, 0.2) is 36.5 Å². The van der Waals surface area contributed by atoms with E-state index in [2.05, 4.69) is 20.6 Å². The quantitative estimate of drug-likeness (QED) is 0.351. The van der Waals surface area contributed by atoms with Crippen molar-refractivity contribution in [3.63, 3.8) is 0 Å². The minimum absolute atomic E-state index is 0.0765. The molecule has 2 saturated carbocycles. The fraction of sp³-hybridized carbons (Fsp3) is 0.357. The van der Waals surface area contributed by atoms with Crippen molar-refractivity contribution in [1.29, 1.82) is 0 Å². The Hall–Kier alpha value is -4.25. The van der Waals surface area contributed by atoms with Crippen LogP contribution in [0.1, 0.15) is 66.2 Å². The summed E-state index contributed by atoms with van der Waals surface area (Å²) in [6, 6.07) is 8.66. The van der Waals surface area contributed by atoms with Crippen molar-refractivity contribution >= 4 is 28.7 Å². The first kappa shape index (κ1) is 23.8. The Labute approximate surface area is 223 Å². The van der Waals surface area contributed by atoms with Crippen molar-refractivity contribution < 1.29 is 14.0 Å². The van der Waals surface area contributed by atoms with Crippen LogP contribution in [0, 0.1) is 5.82 Å². The molecule has 7 rings (SSSR count). The first-order valence-corrected chi connectivity index (χ1v) is 13.1. The maximum absolute atomic E-state index is 14.6. The molecule has 4 aromatic rings. The average Bonchev–Trinajstić information content (AvgIpc) is 3.82. The zero-order valence-corrected chi connectivity index (χ0v) is 21.5. The minimum atomic E-state index is -0.979. The summed E-state index contributed by atoms with van der Waals surface area (Å²) >= 11 is 0. The zero-order chi connectivity index (χ0) is 27.1. The SMILES string of the molecule is CC1(C)C(=O)Nc2nc(-c3nn(Cc4ccccc4F)c4ncc(C5CC5N)cc34)nc(C(=O)NC3CC3)c21. The highest BCUT2D eigenvalue weighted by Gasteiger charge is 2.44. The van der Waals surface area contributed by atoms with E-state index in [0.29, 0.717) is 33.7 Å². The number of carbonyl (C=O) groups excluding carboxylic acids is 2. The molecule has 2 aliphatic carbocycles. The molecular formula is C28H27FN8O2. The predicted octanol–water partition coefficient (Wildman–Crippen LogP) is 3.01. The highest BCUT2D eigenvalue weighted by molar-refractivity contribution is 6.09. The number of fused-ring (bicyclic) bond motifs is 2. The Morgan fingerprint density at radius 3 is 2.74 bits per heavy atom. The largest absolute Gasteiger partial charge is 0.348 e. The molecule has 2 atom stereocenters. The number of hydrogen-bond donors (Lipinski definition) is 3. The average molecular weight is 527 g/mol. The second-order valence-corrected chi connectivity index (χ2v) is 11.2. The van der Waals surface area contributed by atoms with E-state index in [4.69, 9.17) is 15.8 Å². The Kier molecular flexibility index (Phi) is 5.12. The second kappa shape index (κ2) is 8.37. The third-order valence-corrected chi connectivity index (χ3v) is 7.83. The molecular weight excluding hydrogens is 499 g/mol. The van der Waals surface area contributed by atoms with E-state index in [1.54, 1.807) is 42.9 Å². The molecule has 11 heteroatoms. The molecule has 2 amide bonds. The molecule has 39 heavy (non-hydrogen) atoms. The first-order chi connectivity index (χ1) is 18.7. The lowest BCUT2D eigenvalue weighted by atomic mass is 9.85. The van der Waals surface area contributed by atoms with Gasteiger partial charge in [-0.3, -0.25) is 9.59 Å². The zero-order valence-electron chi connectivity index (χ0n) is 21.5. The second-order valence-electron chi connectivity index (χ2n) is 11.2. The van der Waals surface area contributed by atoms with Crippen molar-refractivity contribution in [3.05, 3.63) is 64.7 Å². The summed E-state index contributed by atoms with van der Waals surface area (Å²) in [5.74, 6) is -0.275. The van der Waals surface area contributed by atoms with Crippen LogP contribution >= 0.6 is 0 Å². The van der Waals surface area contributed by atoms with Gasteiger partial charge in [0, 0.05) is 35.3 Å². The molecule has 10 nitrogen and oxygen atoms in total. The van der Waals surface area contributed by atoms with Crippen LogP contribution < -0.4 is 16.4 Å². The number of rotatable bonds is 6. The van der Waals surface area contributed by atoms with Gasteiger partial charge in [0.05, 0.1) is 17.3 Å². The van der Waals surface area contributed by atoms with Crippen LogP contribution in [0.25, 0.3) is 22.6 Å². The third-order valence-electron chi connectivity index (χ3n) is 7.83. The van der Waals surface area contributed by atoms with Crippen molar-refractivity contribution in [2.45, 2.75) is 63.1 Å². The third kappa shape index (κ3) is 3.95. The molecule has 1 aliphatic heterocycles. The van der Waals surface area contributed by atoms with Gasteiger partial charge >= 0.3 is 0 Å². The van der Waals surface area contributed by atoms with Crippen LogP contribution in [0.5, 0.6) is 0 Å². The molecule has 0 spiro atoms. The minimum Gasteiger partial charge on any atom is -0.348 e. The number of nitrogens with zero attached hydrogens (tertiary/aromatic N) is 5. The number of anilines is 1. The summed E-state index contributed by atoms with van der Waals surface area (Å²) in [5.41, 5.74) is 8.11. The van der Waals surface area contributed by atoms with Crippen LogP contribution in [-0.2, 0) is 16.8 Å². The number of carbonyl (C=O) groups is 2. The lowest BCUT2D eigenvalue weighted by molar-refractivity contribution is -0.119. The van der Waals surface area contributed by atoms with Gasteiger partial charge in [0.15, 0.2) is 11.5 Å². The summed E-state index contributed by atoms with van der Waals surface area (Å²) in [6.45, 7) is 3.64. The molecule has 4 N–H and O–H groups in total. The van der Waals surface area contributed by atoms with Gasteiger partial charge in [-0.25, -0.2) is 24.0 Å². The van der Waals surface area contributed by atoms with Crippen LogP contribution in [0.3, 0.4) is 0 Å². The smallest absolute Gasteiger partial charge is 0.270 e. The molecule has 2 unspecified atom stereocenters. The lowest BCUT2D eigenvalue weighted by Gasteiger charge is -2.18. The monoisotopic (exact) mass is 526 g/mol. The Morgan fingerprint density at radius 2 is 2.03 bits per heavy atom. The van der Waals surface area contributed by atoms with Crippen molar-refractivity contribution in [1.82, 2.24) is 30.0 Å². The standard InChI is InChI=1S/C28H27FN8O2/c1-28(2)20-22(26(38)32-15-7-8-15)33-24(34-23(20)35-27(28)39)21-17-9-14(16-10-19(16)30)11-31-25(17)37(36-21)12-13-5-3-4-6-18(13)29/h3-6,9,11,15-16,19H,7-8,10,12,30H2,1-2H3,(H,32,38)(H,33,34,35,39). The normalized spacial score (nSPS) is 21.1. The molecule has 1 aromatic carbocycles. The number of aromatic nitrogens is 5. The number of benzene rings is 1. The van der Waals surface area contributed by atoms with Crippen LogP contribution in [-0.4, -0.2) is 48.6 Å². The number of pyridine rings is 1. The van der Waals surface area contributed by atoms with E-state index < -0.39 is 5.41 Å². The van der Waals surface area contributed by atoms with E-state index in [0.717, 1.165) is 24.8 Å². The van der Waals surface area contributed by atoms with Gasteiger partial charge < -0.3 is 16.4 Å². The van der Waals surface area contributed by atoms with E-state index in [-0.39, 0.29) is 53.7 Å². The van der Waals surface area contributed by atoms with Crippen molar-refractivity contribution in [2.24, 2.45) is 5.73 Å². The van der Waals surface area contributed by atoms with Gasteiger partial charge in [0.1, 0.15) is 23.0 Å². The molecule has 3 aromatic heterocycles. The highest BCUT2D eigenvalue weighted by atomic mass is 19.1. The fourth-order valence-electron chi connectivity index (χ4n) is 5.21. The summed E-state index contributed by atoms with van der Waals surface area (Å²) in [6.07, 6.45) is 4.47. The molecule has 0 saturated heterocycles. The number of nitrogens with two attached hydrogens (primary N) is 1. The summed E-state index contributed by atoms with van der Waals surface area (Å²) < 4.78 is 16.2.